The van der Waals surface area contributed by atoms with Crippen LogP contribution in [0.4, 0.5) is 4.79 Å². The fourth-order valence-corrected chi connectivity index (χ4v) is 5.31. The zero-order valence-electron chi connectivity index (χ0n) is 16.5. The maximum atomic E-state index is 12.8. The van der Waals surface area contributed by atoms with Gasteiger partial charge in [-0.3, -0.25) is 0 Å². The lowest BCUT2D eigenvalue weighted by Crippen LogP contribution is -2.43. The van der Waals surface area contributed by atoms with Crippen LogP contribution in [0.15, 0.2) is 24.3 Å². The molecule has 3 rings (SSSR count). The Hall–Kier alpha value is -1.84. The predicted octanol–water partition coefficient (Wildman–Crippen LogP) is 1.09. The molecule has 0 radical (unpaired) electrons. The summed E-state index contributed by atoms with van der Waals surface area (Å²) in [4.78, 5) is 16.2. The van der Waals surface area contributed by atoms with Gasteiger partial charge in [0.25, 0.3) is 10.2 Å². The molecular weight excluding hydrogens is 368 g/mol. The van der Waals surface area contributed by atoms with Gasteiger partial charge < -0.3 is 14.5 Å². The molecule has 3 atom stereocenters. The predicted molar refractivity (Wildman–Crippen MR) is 103 cm³/mol. The minimum atomic E-state index is -3.46. The molecule has 9 heteroatoms. The van der Waals surface area contributed by atoms with Crippen LogP contribution in [0.5, 0.6) is 5.75 Å². The van der Waals surface area contributed by atoms with Crippen molar-refractivity contribution in [2.24, 2.45) is 11.8 Å². The Bertz CT molecular complexity index is 794. The van der Waals surface area contributed by atoms with Gasteiger partial charge in [0.1, 0.15) is 5.75 Å². The Morgan fingerprint density at radius 1 is 1.07 bits per heavy atom. The second kappa shape index (κ2) is 7.29. The molecule has 27 heavy (non-hydrogen) atoms. The number of amides is 2. The molecule has 0 saturated carbocycles. The van der Waals surface area contributed by atoms with Crippen LogP contribution in [0, 0.1) is 11.8 Å². The molecule has 2 amide bonds. The van der Waals surface area contributed by atoms with E-state index >= 15 is 0 Å². The molecule has 8 nitrogen and oxygen atoms in total. The smallest absolute Gasteiger partial charge is 0.320 e. The number of hydrogen-bond acceptors (Lipinski definition) is 4. The third kappa shape index (κ3) is 3.51. The van der Waals surface area contributed by atoms with Gasteiger partial charge in [-0.15, -0.1) is 0 Å². The summed E-state index contributed by atoms with van der Waals surface area (Å²) < 4.78 is 33.1. The summed E-state index contributed by atoms with van der Waals surface area (Å²) in [7, 11) is 4.73. The van der Waals surface area contributed by atoms with Crippen LogP contribution in [-0.4, -0.2) is 87.8 Å². The molecule has 2 saturated heterocycles. The fraction of sp³-hybridized carbons (Fsp3) is 0.611. The number of benzene rings is 1. The SMILES string of the molecule is COc1ccc([C@H]2[C@@H]3CN(S(=O)(=O)N(C)C)C[C@@H]3CN2C(=O)N(C)C)cc1. The maximum absolute atomic E-state index is 12.8. The van der Waals surface area contributed by atoms with Gasteiger partial charge in [0.2, 0.25) is 0 Å². The van der Waals surface area contributed by atoms with Crippen molar-refractivity contribution < 1.29 is 17.9 Å². The lowest BCUT2D eigenvalue weighted by molar-refractivity contribution is 0.156. The number of nitrogens with zero attached hydrogens (tertiary/aromatic N) is 4. The van der Waals surface area contributed by atoms with E-state index in [9.17, 15) is 13.2 Å². The lowest BCUT2D eigenvalue weighted by atomic mass is 9.89. The Morgan fingerprint density at radius 3 is 2.22 bits per heavy atom. The lowest BCUT2D eigenvalue weighted by Gasteiger charge is -2.32. The summed E-state index contributed by atoms with van der Waals surface area (Å²) in [5, 5.41) is 0. The second-order valence-corrected chi connectivity index (χ2v) is 9.72. The van der Waals surface area contributed by atoms with Crippen molar-refractivity contribution in [2.45, 2.75) is 6.04 Å². The Kier molecular flexibility index (Phi) is 5.38. The minimum Gasteiger partial charge on any atom is -0.497 e. The number of methoxy groups -OCH3 is 1. The highest BCUT2D eigenvalue weighted by molar-refractivity contribution is 7.86. The van der Waals surface area contributed by atoms with Crippen LogP contribution < -0.4 is 4.74 Å². The molecule has 1 aromatic carbocycles. The van der Waals surface area contributed by atoms with E-state index in [0.717, 1.165) is 11.3 Å². The summed E-state index contributed by atoms with van der Waals surface area (Å²) in [5.41, 5.74) is 1.00. The van der Waals surface area contributed by atoms with E-state index < -0.39 is 10.2 Å². The molecule has 2 fully saturated rings. The number of carbonyl (C=O) groups is 1. The van der Waals surface area contributed by atoms with Crippen molar-refractivity contribution in [3.63, 3.8) is 0 Å². The molecule has 0 aliphatic carbocycles. The van der Waals surface area contributed by atoms with E-state index in [1.807, 2.05) is 29.2 Å². The van der Waals surface area contributed by atoms with Crippen molar-refractivity contribution >= 4 is 16.2 Å². The van der Waals surface area contributed by atoms with Gasteiger partial charge >= 0.3 is 6.03 Å². The van der Waals surface area contributed by atoms with E-state index in [1.54, 1.807) is 40.2 Å². The van der Waals surface area contributed by atoms with Gasteiger partial charge in [-0.05, 0) is 23.6 Å². The monoisotopic (exact) mass is 396 g/mol. The first kappa shape index (κ1) is 19.9. The minimum absolute atomic E-state index is 0.0489. The fourth-order valence-electron chi connectivity index (χ4n) is 4.11. The van der Waals surface area contributed by atoms with Crippen molar-refractivity contribution in [2.75, 3.05) is 54.9 Å². The van der Waals surface area contributed by atoms with Crippen molar-refractivity contribution in [3.8, 4) is 5.75 Å². The maximum Gasteiger partial charge on any atom is 0.320 e. The molecule has 0 unspecified atom stereocenters. The summed E-state index contributed by atoms with van der Waals surface area (Å²) in [6.07, 6.45) is 0. The Balaban J connectivity index is 1.93. The second-order valence-electron chi connectivity index (χ2n) is 7.58. The number of urea groups is 1. The quantitative estimate of drug-likeness (QED) is 0.764. The van der Waals surface area contributed by atoms with Gasteiger partial charge in [-0.2, -0.15) is 17.0 Å². The van der Waals surface area contributed by atoms with Gasteiger partial charge in [0, 0.05) is 53.7 Å². The Morgan fingerprint density at radius 2 is 1.70 bits per heavy atom. The standard InChI is InChI=1S/C18H28N4O4S/c1-19(2)18(23)22-11-14-10-21(27(24,25)20(3)4)12-16(14)17(22)13-6-8-15(26-5)9-7-13/h6-9,14,16-17H,10-12H2,1-5H3/t14-,16-,17+/m1/s1. The highest BCUT2D eigenvalue weighted by Crippen LogP contribution is 2.46. The number of rotatable bonds is 4. The van der Waals surface area contributed by atoms with E-state index in [4.69, 9.17) is 4.74 Å². The highest BCUT2D eigenvalue weighted by atomic mass is 32.2. The number of carbonyl (C=O) groups excluding carboxylic acids is 1. The van der Waals surface area contributed by atoms with E-state index in [1.165, 1.54) is 8.61 Å². The zero-order chi connectivity index (χ0) is 19.9. The van der Waals surface area contributed by atoms with Crippen LogP contribution in [0.2, 0.25) is 0 Å². The summed E-state index contributed by atoms with van der Waals surface area (Å²) in [5.74, 6) is 0.940. The van der Waals surface area contributed by atoms with E-state index in [-0.39, 0.29) is 23.9 Å². The third-order valence-electron chi connectivity index (χ3n) is 5.50. The average Bonchev–Trinajstić information content (AvgIpc) is 3.19. The molecule has 150 valence electrons. The molecule has 1 aromatic rings. The summed E-state index contributed by atoms with van der Waals surface area (Å²) in [6.45, 7) is 1.41. The van der Waals surface area contributed by atoms with Crippen molar-refractivity contribution in [1.29, 1.82) is 0 Å². The van der Waals surface area contributed by atoms with E-state index in [0.29, 0.717) is 19.6 Å². The molecule has 0 aromatic heterocycles. The molecule has 2 aliphatic heterocycles. The first-order chi connectivity index (χ1) is 12.7. The zero-order valence-corrected chi connectivity index (χ0v) is 17.3. The van der Waals surface area contributed by atoms with Crippen LogP contribution >= 0.6 is 0 Å². The van der Waals surface area contributed by atoms with Crippen LogP contribution in [-0.2, 0) is 10.2 Å². The summed E-state index contributed by atoms with van der Waals surface area (Å²) in [6, 6.07) is 7.48. The summed E-state index contributed by atoms with van der Waals surface area (Å²) >= 11 is 0. The first-order valence-electron chi connectivity index (χ1n) is 8.96. The highest BCUT2D eigenvalue weighted by Gasteiger charge is 2.52. The van der Waals surface area contributed by atoms with E-state index in [2.05, 4.69) is 0 Å². The number of fused-ring (bicyclic) bond motifs is 1. The van der Waals surface area contributed by atoms with Gasteiger partial charge in [0.05, 0.1) is 13.2 Å². The number of ether oxygens (including phenoxy) is 1. The molecular formula is C18H28N4O4S. The topological polar surface area (TPSA) is 73.4 Å². The van der Waals surface area contributed by atoms with Crippen LogP contribution in [0.25, 0.3) is 0 Å². The molecule has 0 spiro atoms. The van der Waals surface area contributed by atoms with Crippen LogP contribution in [0.3, 0.4) is 0 Å². The molecule has 2 heterocycles. The average molecular weight is 397 g/mol. The first-order valence-corrected chi connectivity index (χ1v) is 10.4. The van der Waals surface area contributed by atoms with Crippen molar-refractivity contribution in [3.05, 3.63) is 29.8 Å². The molecule has 0 bridgehead atoms. The number of hydrogen-bond donors (Lipinski definition) is 0. The number of likely N-dealkylation sites (tertiary alicyclic amines) is 1. The third-order valence-corrected chi connectivity index (χ3v) is 7.38. The molecule has 2 aliphatic rings. The largest absolute Gasteiger partial charge is 0.497 e. The van der Waals surface area contributed by atoms with Gasteiger partial charge in [-0.25, -0.2) is 4.79 Å². The Labute approximate surface area is 161 Å². The van der Waals surface area contributed by atoms with Crippen LogP contribution in [0.1, 0.15) is 11.6 Å². The van der Waals surface area contributed by atoms with Gasteiger partial charge in [0.15, 0.2) is 0 Å². The molecule has 0 N–H and O–H groups in total. The van der Waals surface area contributed by atoms with Crippen molar-refractivity contribution in [1.82, 2.24) is 18.4 Å². The normalized spacial score (nSPS) is 25.7. The van der Waals surface area contributed by atoms with Gasteiger partial charge in [-0.1, -0.05) is 12.1 Å².